The molecule has 0 bridgehead atoms. The maximum Gasteiger partial charge on any atom is 0.260 e. The molecule has 0 heterocycles. The number of carbonyl (C=O) groups is 2. The molecule has 0 fully saturated rings. The molecule has 2 atom stereocenters. The van der Waals surface area contributed by atoms with Crippen molar-refractivity contribution in [1.29, 1.82) is 0 Å². The van der Waals surface area contributed by atoms with Crippen LogP contribution in [0.3, 0.4) is 0 Å². The highest BCUT2D eigenvalue weighted by molar-refractivity contribution is 9.10. The van der Waals surface area contributed by atoms with Crippen LogP contribution in [0.1, 0.15) is 42.1 Å². The molecule has 1 N–H and O–H groups in total. The predicted molar refractivity (Wildman–Crippen MR) is 102 cm³/mol. The Morgan fingerprint density at radius 1 is 1.24 bits per heavy atom. The minimum Gasteiger partial charge on any atom is -0.480 e. The number of aldehydes is 1. The Kier molecular flexibility index (Phi) is 7.19. The molecule has 0 unspecified atom stereocenters. The third kappa shape index (κ3) is 5.43. The molecule has 0 aliphatic heterocycles. The van der Waals surface area contributed by atoms with Gasteiger partial charge in [-0.05, 0) is 37.1 Å². The fourth-order valence-corrected chi connectivity index (χ4v) is 2.93. The Balaban J connectivity index is 1.95. The molecule has 0 spiro atoms. The summed E-state index contributed by atoms with van der Waals surface area (Å²) in [5.74, 6) is 0.459. The molecule has 5 heteroatoms. The molecule has 0 aliphatic carbocycles. The summed E-state index contributed by atoms with van der Waals surface area (Å²) in [6.45, 7) is 4.32. The van der Waals surface area contributed by atoms with Crippen LogP contribution >= 0.6 is 15.9 Å². The lowest BCUT2D eigenvalue weighted by atomic mass is 9.96. The van der Waals surface area contributed by atoms with Gasteiger partial charge in [0.2, 0.25) is 0 Å². The monoisotopic (exact) mass is 403 g/mol. The van der Waals surface area contributed by atoms with E-state index in [9.17, 15) is 9.59 Å². The van der Waals surface area contributed by atoms with Crippen molar-refractivity contribution in [3.8, 4) is 5.75 Å². The Bertz CT molecular complexity index is 718. The van der Waals surface area contributed by atoms with Gasteiger partial charge in [-0.3, -0.25) is 9.59 Å². The number of halogens is 1. The van der Waals surface area contributed by atoms with Crippen LogP contribution < -0.4 is 10.1 Å². The average molecular weight is 404 g/mol. The largest absolute Gasteiger partial charge is 0.480 e. The van der Waals surface area contributed by atoms with Gasteiger partial charge in [0.1, 0.15) is 5.75 Å². The second-order valence-corrected chi connectivity index (χ2v) is 6.74. The van der Waals surface area contributed by atoms with E-state index in [4.69, 9.17) is 4.74 Å². The van der Waals surface area contributed by atoms with E-state index >= 15 is 0 Å². The van der Waals surface area contributed by atoms with Crippen LogP contribution in [0, 0.1) is 0 Å². The maximum absolute atomic E-state index is 12.3. The van der Waals surface area contributed by atoms with Crippen molar-refractivity contribution in [1.82, 2.24) is 5.32 Å². The van der Waals surface area contributed by atoms with Crippen LogP contribution in [-0.2, 0) is 4.79 Å². The maximum atomic E-state index is 12.3. The number of benzene rings is 2. The number of hydrogen-bond acceptors (Lipinski definition) is 3. The van der Waals surface area contributed by atoms with E-state index in [1.54, 1.807) is 25.1 Å². The van der Waals surface area contributed by atoms with Crippen LogP contribution in [0.5, 0.6) is 5.75 Å². The minimum atomic E-state index is -0.687. The third-order valence-corrected chi connectivity index (χ3v) is 4.55. The van der Waals surface area contributed by atoms with Crippen LogP contribution in [0.4, 0.5) is 0 Å². The number of ether oxygens (including phenoxy) is 1. The molecule has 2 rings (SSSR count). The Morgan fingerprint density at radius 3 is 2.60 bits per heavy atom. The molecule has 2 aromatic rings. The van der Waals surface area contributed by atoms with Crippen molar-refractivity contribution in [2.75, 3.05) is 6.54 Å². The van der Waals surface area contributed by atoms with Gasteiger partial charge in [0.05, 0.1) is 5.56 Å². The molecule has 1 amide bonds. The van der Waals surface area contributed by atoms with Gasteiger partial charge in [0, 0.05) is 16.9 Å². The predicted octanol–water partition coefficient (Wildman–Crippen LogP) is 4.34. The topological polar surface area (TPSA) is 55.4 Å². The van der Waals surface area contributed by atoms with Gasteiger partial charge in [-0.15, -0.1) is 0 Å². The van der Waals surface area contributed by atoms with Gasteiger partial charge >= 0.3 is 0 Å². The summed E-state index contributed by atoms with van der Waals surface area (Å²) in [6.07, 6.45) is 0.961. The van der Waals surface area contributed by atoms with Crippen molar-refractivity contribution in [2.45, 2.75) is 32.3 Å². The lowest BCUT2D eigenvalue weighted by Crippen LogP contribution is -2.38. The summed E-state index contributed by atoms with van der Waals surface area (Å²) in [4.78, 5) is 23.5. The molecule has 0 saturated carbocycles. The van der Waals surface area contributed by atoms with Crippen LogP contribution in [0.15, 0.2) is 53.0 Å². The molecule has 0 aromatic heterocycles. The van der Waals surface area contributed by atoms with Crippen LogP contribution in [0.2, 0.25) is 0 Å². The minimum absolute atomic E-state index is 0.200. The number of nitrogens with one attached hydrogen (secondary N) is 1. The lowest BCUT2D eigenvalue weighted by Gasteiger charge is -2.19. The van der Waals surface area contributed by atoms with E-state index in [1.807, 2.05) is 18.2 Å². The first-order chi connectivity index (χ1) is 12.0. The third-order valence-electron chi connectivity index (χ3n) is 4.06. The van der Waals surface area contributed by atoms with E-state index in [0.717, 1.165) is 10.9 Å². The first-order valence-corrected chi connectivity index (χ1v) is 9.08. The fraction of sp³-hybridized carbons (Fsp3) is 0.300. The Labute approximate surface area is 156 Å². The number of amides is 1. The highest BCUT2D eigenvalue weighted by atomic mass is 79.9. The molecule has 25 heavy (non-hydrogen) atoms. The summed E-state index contributed by atoms with van der Waals surface area (Å²) >= 11 is 3.31. The van der Waals surface area contributed by atoms with Gasteiger partial charge in [0.15, 0.2) is 12.4 Å². The zero-order valence-corrected chi connectivity index (χ0v) is 16.0. The van der Waals surface area contributed by atoms with Gasteiger partial charge in [0.25, 0.3) is 5.91 Å². The van der Waals surface area contributed by atoms with Crippen molar-refractivity contribution in [2.24, 2.45) is 0 Å². The number of carbonyl (C=O) groups excluding carboxylic acids is 2. The van der Waals surface area contributed by atoms with Crippen molar-refractivity contribution in [3.63, 3.8) is 0 Å². The Hall–Kier alpha value is -2.14. The first kappa shape index (κ1) is 19.2. The van der Waals surface area contributed by atoms with Crippen molar-refractivity contribution in [3.05, 3.63) is 64.1 Å². The second-order valence-electron chi connectivity index (χ2n) is 5.82. The molecular formula is C20H22BrNO3. The SMILES string of the molecule is CC[C@H](CNC(=O)[C@@H](C)Oc1ccc(Br)cc1C=O)c1ccccc1. The Morgan fingerprint density at radius 2 is 1.96 bits per heavy atom. The summed E-state index contributed by atoms with van der Waals surface area (Å²) in [7, 11) is 0. The van der Waals surface area contributed by atoms with E-state index in [-0.39, 0.29) is 11.8 Å². The number of rotatable bonds is 8. The lowest BCUT2D eigenvalue weighted by molar-refractivity contribution is -0.127. The van der Waals surface area contributed by atoms with Gasteiger partial charge in [-0.1, -0.05) is 53.2 Å². The smallest absolute Gasteiger partial charge is 0.260 e. The van der Waals surface area contributed by atoms with Gasteiger partial charge < -0.3 is 10.1 Å². The molecule has 2 aromatic carbocycles. The normalized spacial score (nSPS) is 12.9. The quantitative estimate of drug-likeness (QED) is 0.666. The summed E-state index contributed by atoms with van der Waals surface area (Å²) in [5.41, 5.74) is 1.61. The zero-order valence-electron chi connectivity index (χ0n) is 14.4. The van der Waals surface area contributed by atoms with Crippen LogP contribution in [-0.4, -0.2) is 24.8 Å². The summed E-state index contributed by atoms with van der Waals surface area (Å²) < 4.78 is 6.45. The summed E-state index contributed by atoms with van der Waals surface area (Å²) in [5, 5.41) is 2.94. The standard InChI is InChI=1S/C20H22BrNO3/c1-3-15(16-7-5-4-6-8-16)12-22-20(24)14(2)25-19-10-9-18(21)11-17(19)13-23/h4-11,13-15H,3,12H2,1-2H3,(H,22,24)/t14-,15-/m1/s1. The van der Waals surface area contributed by atoms with E-state index in [1.165, 1.54) is 5.56 Å². The molecular weight excluding hydrogens is 382 g/mol. The molecule has 0 saturated heterocycles. The number of hydrogen-bond donors (Lipinski definition) is 1. The molecule has 4 nitrogen and oxygen atoms in total. The van der Waals surface area contributed by atoms with E-state index in [2.05, 4.69) is 40.3 Å². The van der Waals surface area contributed by atoms with E-state index in [0.29, 0.717) is 24.1 Å². The highest BCUT2D eigenvalue weighted by Crippen LogP contribution is 2.23. The molecule has 0 radical (unpaired) electrons. The molecule has 132 valence electrons. The highest BCUT2D eigenvalue weighted by Gasteiger charge is 2.18. The van der Waals surface area contributed by atoms with Crippen LogP contribution in [0.25, 0.3) is 0 Å². The van der Waals surface area contributed by atoms with Crippen molar-refractivity contribution < 1.29 is 14.3 Å². The van der Waals surface area contributed by atoms with E-state index < -0.39 is 6.10 Å². The van der Waals surface area contributed by atoms with Crippen molar-refractivity contribution >= 4 is 28.1 Å². The second kappa shape index (κ2) is 9.37. The summed E-state index contributed by atoms with van der Waals surface area (Å²) in [6, 6.07) is 15.2. The zero-order chi connectivity index (χ0) is 18.2. The first-order valence-electron chi connectivity index (χ1n) is 8.29. The van der Waals surface area contributed by atoms with Gasteiger partial charge in [-0.2, -0.15) is 0 Å². The fourth-order valence-electron chi connectivity index (χ4n) is 2.55. The molecule has 0 aliphatic rings. The van der Waals surface area contributed by atoms with Gasteiger partial charge in [-0.25, -0.2) is 0 Å². The average Bonchev–Trinajstić information content (AvgIpc) is 2.64.